The van der Waals surface area contributed by atoms with Crippen molar-refractivity contribution in [2.24, 2.45) is 5.41 Å². The van der Waals surface area contributed by atoms with Crippen LogP contribution in [0, 0.1) is 5.41 Å². The topological polar surface area (TPSA) is 0 Å². The van der Waals surface area contributed by atoms with Gasteiger partial charge in [0.15, 0.2) is 0 Å². The molecule has 0 aromatic rings. The number of hydrogen-bond acceptors (Lipinski definition) is 1. The summed E-state index contributed by atoms with van der Waals surface area (Å²) in [5.74, 6) is 1.14. The smallest absolute Gasteiger partial charge is 0.0146 e. The Hall–Kier alpha value is 0.0900. The van der Waals surface area contributed by atoms with Crippen LogP contribution >= 0.6 is 11.8 Å². The molecule has 0 spiro atoms. The van der Waals surface area contributed by atoms with Gasteiger partial charge in [-0.25, -0.2) is 0 Å². The van der Waals surface area contributed by atoms with E-state index in [1.807, 2.05) is 11.8 Å². The highest BCUT2D eigenvalue weighted by molar-refractivity contribution is 8.00. The van der Waals surface area contributed by atoms with E-state index >= 15 is 0 Å². The molecule has 0 radical (unpaired) electrons. The van der Waals surface area contributed by atoms with Gasteiger partial charge in [0.1, 0.15) is 0 Å². The summed E-state index contributed by atoms with van der Waals surface area (Å²) in [6, 6.07) is 0. The molecule has 1 saturated carbocycles. The van der Waals surface area contributed by atoms with E-state index in [0.29, 0.717) is 10.2 Å². The van der Waals surface area contributed by atoms with E-state index in [-0.39, 0.29) is 0 Å². The summed E-state index contributed by atoms with van der Waals surface area (Å²) in [7, 11) is 0. The van der Waals surface area contributed by atoms with Crippen LogP contribution < -0.4 is 0 Å². The first-order valence-corrected chi connectivity index (χ1v) is 7.10. The van der Waals surface area contributed by atoms with Crippen molar-refractivity contribution >= 4 is 11.8 Å². The van der Waals surface area contributed by atoms with Crippen LogP contribution in [0.2, 0.25) is 0 Å². The van der Waals surface area contributed by atoms with Gasteiger partial charge in [0.2, 0.25) is 0 Å². The van der Waals surface area contributed by atoms with Gasteiger partial charge in [0.05, 0.1) is 0 Å². The fraction of sp³-hybridized carbons (Fsp3) is 0.857. The van der Waals surface area contributed by atoms with Crippen LogP contribution in [0.15, 0.2) is 12.2 Å². The normalized spacial score (nSPS) is 20.5. The van der Waals surface area contributed by atoms with Crippen molar-refractivity contribution in [2.75, 3.05) is 5.75 Å². The fourth-order valence-corrected chi connectivity index (χ4v) is 3.12. The van der Waals surface area contributed by atoms with Crippen LogP contribution in [-0.4, -0.2) is 10.5 Å². The lowest BCUT2D eigenvalue weighted by atomic mass is 9.83. The third kappa shape index (κ3) is 5.10. The van der Waals surface area contributed by atoms with Crippen molar-refractivity contribution in [2.45, 2.75) is 64.5 Å². The lowest BCUT2D eigenvalue weighted by molar-refractivity contribution is 0.334. The zero-order valence-corrected chi connectivity index (χ0v) is 11.7. The van der Waals surface area contributed by atoms with E-state index < -0.39 is 0 Å². The Morgan fingerprint density at radius 3 is 2.27 bits per heavy atom. The fourth-order valence-electron chi connectivity index (χ4n) is 2.38. The molecule has 0 aliphatic heterocycles. The van der Waals surface area contributed by atoms with Crippen LogP contribution in [0.3, 0.4) is 0 Å². The summed E-state index contributed by atoms with van der Waals surface area (Å²) >= 11 is 2.02. The summed E-state index contributed by atoms with van der Waals surface area (Å²) in [6.07, 6.45) is 6.92. The predicted molar refractivity (Wildman–Crippen MR) is 72.5 cm³/mol. The minimum absolute atomic E-state index is 0.375. The van der Waals surface area contributed by atoms with Crippen LogP contribution in [0.4, 0.5) is 0 Å². The molecule has 1 heteroatoms. The average Bonchev–Trinajstić information content (AvgIpc) is 2.47. The van der Waals surface area contributed by atoms with E-state index in [4.69, 9.17) is 0 Å². The molecular weight excluding hydrogens is 200 g/mol. The molecule has 0 nitrogen and oxygen atoms in total. The van der Waals surface area contributed by atoms with Crippen molar-refractivity contribution < 1.29 is 0 Å². The second-order valence-electron chi connectivity index (χ2n) is 6.35. The van der Waals surface area contributed by atoms with Crippen LogP contribution in [0.1, 0.15) is 59.8 Å². The highest BCUT2D eigenvalue weighted by Crippen LogP contribution is 2.43. The molecule has 0 amide bonds. The Balaban J connectivity index is 2.30. The SMILES string of the molecule is C=C(CSC(C)(C)C)CC1(C)CCCC1. The Kier molecular flexibility index (Phi) is 4.34. The second-order valence-corrected chi connectivity index (χ2v) is 8.15. The molecular formula is C14H26S. The number of rotatable bonds is 4. The maximum absolute atomic E-state index is 4.25. The summed E-state index contributed by atoms with van der Waals surface area (Å²) in [5.41, 5.74) is 2.02. The number of thioether (sulfide) groups is 1. The van der Waals surface area contributed by atoms with E-state index in [1.54, 1.807) is 0 Å². The molecule has 1 aliphatic carbocycles. The minimum atomic E-state index is 0.375. The van der Waals surface area contributed by atoms with E-state index in [0.717, 1.165) is 5.75 Å². The quantitative estimate of drug-likeness (QED) is 0.605. The second kappa shape index (κ2) is 4.95. The summed E-state index contributed by atoms with van der Waals surface area (Å²) in [4.78, 5) is 0. The lowest BCUT2D eigenvalue weighted by Crippen LogP contribution is -2.14. The minimum Gasteiger partial charge on any atom is -0.152 e. The molecule has 0 aromatic carbocycles. The summed E-state index contributed by atoms with van der Waals surface area (Å²) < 4.78 is 0.375. The zero-order chi connectivity index (χ0) is 11.5. The van der Waals surface area contributed by atoms with Gasteiger partial charge in [0, 0.05) is 10.5 Å². The van der Waals surface area contributed by atoms with Gasteiger partial charge in [-0.05, 0) is 24.7 Å². The van der Waals surface area contributed by atoms with Crippen LogP contribution in [0.5, 0.6) is 0 Å². The molecule has 1 rings (SSSR count). The van der Waals surface area contributed by atoms with Gasteiger partial charge in [0.25, 0.3) is 0 Å². The molecule has 0 unspecified atom stereocenters. The summed E-state index contributed by atoms with van der Waals surface area (Å²) in [6.45, 7) is 13.5. The van der Waals surface area contributed by atoms with E-state index in [9.17, 15) is 0 Å². The summed E-state index contributed by atoms with van der Waals surface area (Å²) in [5, 5.41) is 0. The molecule has 0 aromatic heterocycles. The van der Waals surface area contributed by atoms with Gasteiger partial charge in [-0.15, -0.1) is 0 Å². The average molecular weight is 226 g/mol. The molecule has 0 saturated heterocycles. The maximum atomic E-state index is 4.25. The largest absolute Gasteiger partial charge is 0.152 e. The van der Waals surface area contributed by atoms with Gasteiger partial charge >= 0.3 is 0 Å². The van der Waals surface area contributed by atoms with E-state index in [2.05, 4.69) is 34.3 Å². The molecule has 0 bridgehead atoms. The molecule has 1 fully saturated rings. The van der Waals surface area contributed by atoms with Crippen molar-refractivity contribution in [1.82, 2.24) is 0 Å². The standard InChI is InChI=1S/C14H26S/c1-12(11-15-13(2,3)4)10-14(5)8-6-7-9-14/h1,6-11H2,2-5H3. The van der Waals surface area contributed by atoms with Gasteiger partial charge < -0.3 is 0 Å². The molecule has 88 valence electrons. The monoisotopic (exact) mass is 226 g/mol. The lowest BCUT2D eigenvalue weighted by Gasteiger charge is -2.26. The first-order valence-electron chi connectivity index (χ1n) is 6.11. The van der Waals surface area contributed by atoms with Crippen molar-refractivity contribution in [3.05, 3.63) is 12.2 Å². The van der Waals surface area contributed by atoms with Gasteiger partial charge in [-0.1, -0.05) is 52.7 Å². The first kappa shape index (κ1) is 13.2. The van der Waals surface area contributed by atoms with Crippen LogP contribution in [-0.2, 0) is 0 Å². The maximum Gasteiger partial charge on any atom is 0.0146 e. The highest BCUT2D eigenvalue weighted by atomic mass is 32.2. The molecule has 0 atom stereocenters. The molecule has 1 aliphatic rings. The Labute approximate surface area is 99.9 Å². The van der Waals surface area contributed by atoms with E-state index in [1.165, 1.54) is 37.7 Å². The third-order valence-corrected chi connectivity index (χ3v) is 4.62. The van der Waals surface area contributed by atoms with Crippen molar-refractivity contribution in [3.8, 4) is 0 Å². The Morgan fingerprint density at radius 2 is 1.80 bits per heavy atom. The van der Waals surface area contributed by atoms with Gasteiger partial charge in [-0.2, -0.15) is 11.8 Å². The first-order chi connectivity index (χ1) is 6.81. The third-order valence-electron chi connectivity index (χ3n) is 3.20. The van der Waals surface area contributed by atoms with Crippen molar-refractivity contribution in [3.63, 3.8) is 0 Å². The van der Waals surface area contributed by atoms with Gasteiger partial charge in [-0.3, -0.25) is 0 Å². The number of hydrogen-bond donors (Lipinski definition) is 0. The highest BCUT2D eigenvalue weighted by Gasteiger charge is 2.29. The Bertz CT molecular complexity index is 216. The predicted octanol–water partition coefficient (Wildman–Crippen LogP) is 5.04. The molecule has 0 heterocycles. The molecule has 0 N–H and O–H groups in total. The Morgan fingerprint density at radius 1 is 1.27 bits per heavy atom. The van der Waals surface area contributed by atoms with Crippen molar-refractivity contribution in [1.29, 1.82) is 0 Å². The van der Waals surface area contributed by atoms with Crippen LogP contribution in [0.25, 0.3) is 0 Å². The molecule has 15 heavy (non-hydrogen) atoms. The zero-order valence-electron chi connectivity index (χ0n) is 10.9.